The lowest BCUT2D eigenvalue weighted by Crippen LogP contribution is -2.10. The average Bonchev–Trinajstić information content (AvgIpc) is 2.54. The van der Waals surface area contributed by atoms with Crippen LogP contribution < -0.4 is 0 Å². The topological polar surface area (TPSA) is 0 Å². The summed E-state index contributed by atoms with van der Waals surface area (Å²) in [5.41, 5.74) is -0.101. The lowest BCUT2D eigenvalue weighted by atomic mass is 9.93. The Morgan fingerprint density at radius 3 is 2.69 bits per heavy atom. The van der Waals surface area contributed by atoms with E-state index in [1.165, 1.54) is 22.6 Å². The van der Waals surface area contributed by atoms with Gasteiger partial charge in [-0.15, -0.1) is 17.8 Å². The van der Waals surface area contributed by atoms with E-state index in [1.807, 2.05) is 11.3 Å². The lowest BCUT2D eigenvalue weighted by Gasteiger charge is -2.14. The Morgan fingerprint density at radius 1 is 1.46 bits per heavy atom. The minimum atomic E-state index is -0.101. The predicted molar refractivity (Wildman–Crippen MR) is 60.2 cm³/mol. The number of hydrogen-bond donors (Lipinski definition) is 0. The lowest BCUT2D eigenvalue weighted by molar-refractivity contribution is 0.716. The van der Waals surface area contributed by atoms with Crippen LogP contribution in [0, 0.1) is 12.3 Å². The van der Waals surface area contributed by atoms with Crippen LogP contribution in [-0.2, 0) is 11.8 Å². The molecular weight excluding hydrogens is 176 g/mol. The van der Waals surface area contributed by atoms with Gasteiger partial charge in [-0.1, -0.05) is 19.3 Å². The summed E-state index contributed by atoms with van der Waals surface area (Å²) in [6, 6.07) is 4.36. The summed E-state index contributed by atoms with van der Waals surface area (Å²) in [6.07, 6.45) is 7.85. The van der Waals surface area contributed by atoms with Gasteiger partial charge < -0.3 is 0 Å². The molecule has 1 heterocycles. The number of hydrogen-bond acceptors (Lipinski definition) is 1. The molecule has 0 radical (unpaired) electrons. The van der Waals surface area contributed by atoms with Crippen LogP contribution in [0.3, 0.4) is 0 Å². The Labute approximate surface area is 85.0 Å². The minimum absolute atomic E-state index is 0.101. The van der Waals surface area contributed by atoms with Gasteiger partial charge in [0.15, 0.2) is 0 Å². The van der Waals surface area contributed by atoms with E-state index < -0.39 is 0 Å². The van der Waals surface area contributed by atoms with Crippen molar-refractivity contribution in [2.24, 2.45) is 0 Å². The van der Waals surface area contributed by atoms with Crippen molar-refractivity contribution in [2.45, 2.75) is 39.0 Å². The standard InChI is InChI=1S/C12H16S/c1-5-7-10-8-9-11(13-10)12(3,4)6-2/h2,8-9H,5,7H2,1,3-4H3. The molecule has 1 heteroatoms. The smallest absolute Gasteiger partial charge is 0.0597 e. The van der Waals surface area contributed by atoms with Crippen molar-refractivity contribution >= 4 is 11.3 Å². The molecule has 0 fully saturated rings. The second-order valence-electron chi connectivity index (χ2n) is 3.79. The number of aryl methyl sites for hydroxylation is 1. The van der Waals surface area contributed by atoms with E-state index >= 15 is 0 Å². The van der Waals surface area contributed by atoms with Gasteiger partial charge in [-0.25, -0.2) is 0 Å². The van der Waals surface area contributed by atoms with Crippen molar-refractivity contribution in [3.05, 3.63) is 21.9 Å². The van der Waals surface area contributed by atoms with Crippen LogP contribution in [0.25, 0.3) is 0 Å². The number of rotatable bonds is 3. The summed E-state index contributed by atoms with van der Waals surface area (Å²) < 4.78 is 0. The van der Waals surface area contributed by atoms with Crippen molar-refractivity contribution in [3.63, 3.8) is 0 Å². The van der Waals surface area contributed by atoms with Gasteiger partial charge in [0.25, 0.3) is 0 Å². The van der Waals surface area contributed by atoms with E-state index in [1.54, 1.807) is 0 Å². The van der Waals surface area contributed by atoms with E-state index in [0.717, 1.165) is 0 Å². The van der Waals surface area contributed by atoms with Gasteiger partial charge in [-0.2, -0.15) is 0 Å². The second kappa shape index (κ2) is 3.98. The van der Waals surface area contributed by atoms with Gasteiger partial charge in [0.1, 0.15) is 0 Å². The second-order valence-corrected chi connectivity index (χ2v) is 4.95. The largest absolute Gasteiger partial charge is 0.144 e. The SMILES string of the molecule is C#CC(C)(C)c1ccc(CCC)s1. The summed E-state index contributed by atoms with van der Waals surface area (Å²) >= 11 is 1.85. The van der Waals surface area contributed by atoms with E-state index in [2.05, 4.69) is 38.8 Å². The molecule has 0 saturated carbocycles. The molecule has 13 heavy (non-hydrogen) atoms. The fourth-order valence-corrected chi connectivity index (χ4v) is 2.34. The minimum Gasteiger partial charge on any atom is -0.144 e. The highest BCUT2D eigenvalue weighted by Gasteiger charge is 2.18. The quantitative estimate of drug-likeness (QED) is 0.642. The summed E-state index contributed by atoms with van der Waals surface area (Å²) in [7, 11) is 0. The predicted octanol–water partition coefficient (Wildman–Crippen LogP) is 3.61. The molecule has 0 N–H and O–H groups in total. The fraction of sp³-hybridized carbons (Fsp3) is 0.500. The van der Waals surface area contributed by atoms with E-state index in [-0.39, 0.29) is 5.41 Å². The molecule has 1 aromatic heterocycles. The first-order valence-electron chi connectivity index (χ1n) is 4.67. The Hall–Kier alpha value is -0.740. The highest BCUT2D eigenvalue weighted by atomic mass is 32.1. The summed E-state index contributed by atoms with van der Waals surface area (Å²) in [5.74, 6) is 2.82. The highest BCUT2D eigenvalue weighted by molar-refractivity contribution is 7.12. The molecule has 0 atom stereocenters. The van der Waals surface area contributed by atoms with Crippen molar-refractivity contribution in [1.29, 1.82) is 0 Å². The molecular formula is C12H16S. The van der Waals surface area contributed by atoms with Crippen LogP contribution in [0.1, 0.15) is 36.9 Å². The molecule has 0 aromatic carbocycles. The highest BCUT2D eigenvalue weighted by Crippen LogP contribution is 2.29. The third kappa shape index (κ3) is 2.35. The molecule has 0 bridgehead atoms. The Bertz CT molecular complexity index is 312. The van der Waals surface area contributed by atoms with Crippen LogP contribution in [-0.4, -0.2) is 0 Å². The molecule has 0 saturated heterocycles. The number of thiophene rings is 1. The van der Waals surface area contributed by atoms with Crippen molar-refractivity contribution in [3.8, 4) is 12.3 Å². The number of terminal acetylenes is 1. The monoisotopic (exact) mass is 192 g/mol. The Balaban J connectivity index is 2.87. The summed E-state index contributed by atoms with van der Waals surface area (Å²) in [4.78, 5) is 2.75. The molecule has 0 spiro atoms. The van der Waals surface area contributed by atoms with Gasteiger partial charge in [0.05, 0.1) is 5.41 Å². The third-order valence-corrected chi connectivity index (χ3v) is 3.60. The van der Waals surface area contributed by atoms with Crippen LogP contribution in [0.15, 0.2) is 12.1 Å². The first-order chi connectivity index (χ1) is 6.10. The maximum absolute atomic E-state index is 5.48. The van der Waals surface area contributed by atoms with Crippen LogP contribution in [0.4, 0.5) is 0 Å². The first-order valence-corrected chi connectivity index (χ1v) is 5.48. The van der Waals surface area contributed by atoms with E-state index in [9.17, 15) is 0 Å². The average molecular weight is 192 g/mol. The Kier molecular flexibility index (Phi) is 3.17. The van der Waals surface area contributed by atoms with Crippen molar-refractivity contribution in [1.82, 2.24) is 0 Å². The molecule has 0 aliphatic heterocycles. The van der Waals surface area contributed by atoms with Crippen LogP contribution >= 0.6 is 11.3 Å². The molecule has 0 unspecified atom stereocenters. The maximum Gasteiger partial charge on any atom is 0.0597 e. The van der Waals surface area contributed by atoms with Gasteiger partial charge in [0.2, 0.25) is 0 Å². The Morgan fingerprint density at radius 2 is 2.15 bits per heavy atom. The molecule has 70 valence electrons. The zero-order chi connectivity index (χ0) is 9.90. The summed E-state index contributed by atoms with van der Waals surface area (Å²) in [5, 5.41) is 0. The normalized spacial score (nSPS) is 11.2. The molecule has 0 aliphatic rings. The summed E-state index contributed by atoms with van der Waals surface area (Å²) in [6.45, 7) is 6.38. The zero-order valence-corrected chi connectivity index (χ0v) is 9.37. The first kappa shape index (κ1) is 10.3. The fourth-order valence-electron chi connectivity index (χ4n) is 1.17. The maximum atomic E-state index is 5.48. The van der Waals surface area contributed by atoms with Crippen LogP contribution in [0.5, 0.6) is 0 Å². The third-order valence-electron chi connectivity index (χ3n) is 2.13. The van der Waals surface area contributed by atoms with Gasteiger partial charge >= 0.3 is 0 Å². The van der Waals surface area contributed by atoms with Gasteiger partial charge in [-0.3, -0.25) is 0 Å². The molecule has 0 nitrogen and oxygen atoms in total. The van der Waals surface area contributed by atoms with E-state index in [4.69, 9.17) is 6.42 Å². The van der Waals surface area contributed by atoms with E-state index in [0.29, 0.717) is 0 Å². The van der Waals surface area contributed by atoms with Crippen molar-refractivity contribution < 1.29 is 0 Å². The van der Waals surface area contributed by atoms with Gasteiger partial charge in [0, 0.05) is 9.75 Å². The van der Waals surface area contributed by atoms with Crippen molar-refractivity contribution in [2.75, 3.05) is 0 Å². The van der Waals surface area contributed by atoms with Gasteiger partial charge in [-0.05, 0) is 32.4 Å². The molecule has 0 amide bonds. The molecule has 1 aromatic rings. The zero-order valence-electron chi connectivity index (χ0n) is 8.55. The molecule has 0 aliphatic carbocycles. The molecule has 1 rings (SSSR count). The van der Waals surface area contributed by atoms with Crippen LogP contribution in [0.2, 0.25) is 0 Å².